The van der Waals surface area contributed by atoms with Gasteiger partial charge in [-0.2, -0.15) is 4.98 Å². The third-order valence-electron chi connectivity index (χ3n) is 4.35. The smallest absolute Gasteiger partial charge is 0.280 e. The van der Waals surface area contributed by atoms with Gasteiger partial charge in [0.15, 0.2) is 17.0 Å². The molecule has 3 aromatic heterocycles. The van der Waals surface area contributed by atoms with Crippen LogP contribution in [0.2, 0.25) is 0 Å². The number of nitrogen functional groups attached to an aromatic ring is 1. The lowest BCUT2D eigenvalue weighted by Crippen LogP contribution is -2.15. The van der Waals surface area contributed by atoms with Crippen molar-refractivity contribution in [3.05, 3.63) is 27.9 Å². The first-order valence-corrected chi connectivity index (χ1v) is 9.31. The number of nitrogens with two attached hydrogens (primary N) is 1. The van der Waals surface area contributed by atoms with Crippen molar-refractivity contribution in [3.63, 3.8) is 0 Å². The molecule has 24 heavy (non-hydrogen) atoms. The van der Waals surface area contributed by atoms with Crippen LogP contribution in [0.15, 0.2) is 22.3 Å². The van der Waals surface area contributed by atoms with Crippen LogP contribution in [0.3, 0.4) is 0 Å². The number of aromatic nitrogens is 4. The molecule has 128 valence electrons. The molecule has 0 radical (unpaired) electrons. The van der Waals surface area contributed by atoms with Crippen molar-refractivity contribution in [2.24, 2.45) is 5.92 Å². The Kier molecular flexibility index (Phi) is 4.99. The van der Waals surface area contributed by atoms with Crippen LogP contribution in [-0.2, 0) is 6.54 Å². The predicted molar refractivity (Wildman–Crippen MR) is 99.2 cm³/mol. The second-order valence-electron chi connectivity index (χ2n) is 6.06. The number of unbranched alkanes of at least 4 members (excludes halogenated alkanes) is 1. The largest absolute Gasteiger partial charge is 0.369 e. The lowest BCUT2D eigenvalue weighted by atomic mass is 9.99. The molecule has 6 nitrogen and oxygen atoms in total. The standard InChI is InChI=1S/C17H23N5OS/c1-3-5-7-11(4-2)10-22-14(12-8-6-9-24-12)19-13-15(22)20-17(18)21-16(13)23/h6,8-9,11H,3-5,7,10H2,1-2H3,(H3,18,20,21,23). The first kappa shape index (κ1) is 16.7. The lowest BCUT2D eigenvalue weighted by Gasteiger charge is -2.17. The molecule has 3 rings (SSSR count). The van der Waals surface area contributed by atoms with E-state index in [1.165, 1.54) is 12.8 Å². The van der Waals surface area contributed by atoms with Crippen LogP contribution < -0.4 is 11.3 Å². The number of fused-ring (bicyclic) bond motifs is 1. The molecule has 0 aliphatic rings. The van der Waals surface area contributed by atoms with Crippen molar-refractivity contribution in [1.29, 1.82) is 0 Å². The van der Waals surface area contributed by atoms with Crippen molar-refractivity contribution in [1.82, 2.24) is 19.5 Å². The minimum absolute atomic E-state index is 0.132. The van der Waals surface area contributed by atoms with Crippen LogP contribution in [0, 0.1) is 5.92 Å². The maximum Gasteiger partial charge on any atom is 0.280 e. The zero-order chi connectivity index (χ0) is 17.1. The molecule has 0 amide bonds. The maximum absolute atomic E-state index is 12.2. The number of anilines is 1. The number of hydrogen-bond acceptors (Lipinski definition) is 5. The summed E-state index contributed by atoms with van der Waals surface area (Å²) in [6, 6.07) is 4.01. The van der Waals surface area contributed by atoms with Gasteiger partial charge in [0.2, 0.25) is 5.95 Å². The van der Waals surface area contributed by atoms with Crippen LogP contribution in [-0.4, -0.2) is 19.5 Å². The maximum atomic E-state index is 12.2. The predicted octanol–water partition coefficient (Wildman–Crippen LogP) is 3.65. The second-order valence-corrected chi connectivity index (χ2v) is 7.01. The van der Waals surface area contributed by atoms with E-state index in [-0.39, 0.29) is 11.5 Å². The summed E-state index contributed by atoms with van der Waals surface area (Å²) >= 11 is 1.61. The van der Waals surface area contributed by atoms with Gasteiger partial charge in [0, 0.05) is 6.54 Å². The number of thiophene rings is 1. The van der Waals surface area contributed by atoms with E-state index >= 15 is 0 Å². The van der Waals surface area contributed by atoms with Crippen LogP contribution in [0.1, 0.15) is 39.5 Å². The van der Waals surface area contributed by atoms with Crippen molar-refractivity contribution in [2.45, 2.75) is 46.1 Å². The van der Waals surface area contributed by atoms with E-state index in [0.717, 1.165) is 30.1 Å². The Morgan fingerprint density at radius 3 is 2.88 bits per heavy atom. The van der Waals surface area contributed by atoms with Gasteiger partial charge in [0.05, 0.1) is 4.88 Å². The number of nitrogens with zero attached hydrogens (tertiary/aromatic N) is 3. The highest BCUT2D eigenvalue weighted by Crippen LogP contribution is 2.28. The minimum Gasteiger partial charge on any atom is -0.369 e. The monoisotopic (exact) mass is 345 g/mol. The van der Waals surface area contributed by atoms with Gasteiger partial charge in [-0.1, -0.05) is 39.2 Å². The zero-order valence-electron chi connectivity index (χ0n) is 14.1. The number of imidazole rings is 1. The average molecular weight is 345 g/mol. The van der Waals surface area contributed by atoms with E-state index < -0.39 is 0 Å². The Hall–Kier alpha value is -2.15. The van der Waals surface area contributed by atoms with Crippen molar-refractivity contribution in [2.75, 3.05) is 5.73 Å². The minimum atomic E-state index is -0.282. The van der Waals surface area contributed by atoms with Crippen molar-refractivity contribution < 1.29 is 0 Å². The molecule has 0 fully saturated rings. The molecule has 1 unspecified atom stereocenters. The van der Waals surface area contributed by atoms with E-state index in [9.17, 15) is 4.79 Å². The first-order chi connectivity index (χ1) is 11.6. The topological polar surface area (TPSA) is 89.6 Å². The molecular formula is C17H23N5OS. The molecule has 0 saturated carbocycles. The fourth-order valence-electron chi connectivity index (χ4n) is 2.97. The number of nitrogens with one attached hydrogen (secondary N) is 1. The quantitative estimate of drug-likeness (QED) is 0.684. The summed E-state index contributed by atoms with van der Waals surface area (Å²) in [4.78, 5) is 24.7. The molecule has 0 saturated heterocycles. The van der Waals surface area contributed by atoms with Gasteiger partial charge < -0.3 is 10.3 Å². The Balaban J connectivity index is 2.12. The summed E-state index contributed by atoms with van der Waals surface area (Å²) < 4.78 is 2.07. The van der Waals surface area contributed by atoms with E-state index in [2.05, 4.69) is 33.4 Å². The molecule has 0 aliphatic heterocycles. The van der Waals surface area contributed by atoms with Gasteiger partial charge in [0.25, 0.3) is 5.56 Å². The van der Waals surface area contributed by atoms with Crippen LogP contribution in [0.4, 0.5) is 5.95 Å². The molecular weight excluding hydrogens is 322 g/mol. The second kappa shape index (κ2) is 7.17. The normalized spacial score (nSPS) is 12.8. The number of aromatic amines is 1. The van der Waals surface area contributed by atoms with Gasteiger partial charge in [-0.3, -0.25) is 9.78 Å². The van der Waals surface area contributed by atoms with Gasteiger partial charge in [-0.15, -0.1) is 11.3 Å². The van der Waals surface area contributed by atoms with E-state index in [1.54, 1.807) is 11.3 Å². The van der Waals surface area contributed by atoms with Crippen molar-refractivity contribution >= 4 is 28.4 Å². The number of rotatable bonds is 7. The zero-order valence-corrected chi connectivity index (χ0v) is 14.9. The first-order valence-electron chi connectivity index (χ1n) is 8.43. The molecule has 0 spiro atoms. The Labute approximate surface area is 144 Å². The third kappa shape index (κ3) is 3.21. The highest BCUT2D eigenvalue weighted by atomic mass is 32.1. The van der Waals surface area contributed by atoms with Crippen molar-refractivity contribution in [3.8, 4) is 10.7 Å². The molecule has 1 atom stereocenters. The fraction of sp³-hybridized carbons (Fsp3) is 0.471. The lowest BCUT2D eigenvalue weighted by molar-refractivity contribution is 0.396. The summed E-state index contributed by atoms with van der Waals surface area (Å²) in [5.74, 6) is 1.47. The fourth-order valence-corrected chi connectivity index (χ4v) is 3.69. The summed E-state index contributed by atoms with van der Waals surface area (Å²) in [5, 5.41) is 2.01. The van der Waals surface area contributed by atoms with Crippen LogP contribution in [0.5, 0.6) is 0 Å². The molecule has 0 aliphatic carbocycles. The molecule has 3 aromatic rings. The summed E-state index contributed by atoms with van der Waals surface area (Å²) in [7, 11) is 0. The van der Waals surface area contributed by atoms with E-state index in [0.29, 0.717) is 17.1 Å². The summed E-state index contributed by atoms with van der Waals surface area (Å²) in [6.45, 7) is 5.22. The van der Waals surface area contributed by atoms with Gasteiger partial charge in [-0.25, -0.2) is 4.98 Å². The van der Waals surface area contributed by atoms with Gasteiger partial charge in [-0.05, 0) is 23.8 Å². The highest BCUT2D eigenvalue weighted by Gasteiger charge is 2.20. The van der Waals surface area contributed by atoms with E-state index in [1.807, 2.05) is 17.5 Å². The van der Waals surface area contributed by atoms with Crippen LogP contribution >= 0.6 is 11.3 Å². The van der Waals surface area contributed by atoms with Crippen LogP contribution in [0.25, 0.3) is 21.9 Å². The molecule has 0 aromatic carbocycles. The molecule has 7 heteroatoms. The van der Waals surface area contributed by atoms with Gasteiger partial charge in [0.1, 0.15) is 0 Å². The Morgan fingerprint density at radius 1 is 1.38 bits per heavy atom. The molecule has 3 heterocycles. The molecule has 3 N–H and O–H groups in total. The van der Waals surface area contributed by atoms with Gasteiger partial charge >= 0.3 is 0 Å². The average Bonchev–Trinajstić information content (AvgIpc) is 3.19. The summed E-state index contributed by atoms with van der Waals surface area (Å²) in [5.41, 5.74) is 6.42. The Bertz CT molecular complexity index is 865. The SMILES string of the molecule is CCCCC(CC)Cn1c(-c2cccs2)nc2c(=O)[nH]c(N)nc21. The van der Waals surface area contributed by atoms with E-state index in [4.69, 9.17) is 5.73 Å². The summed E-state index contributed by atoms with van der Waals surface area (Å²) in [6.07, 6.45) is 4.64. The Morgan fingerprint density at radius 2 is 2.21 bits per heavy atom. The third-order valence-corrected chi connectivity index (χ3v) is 5.22. The number of hydrogen-bond donors (Lipinski definition) is 2. The number of H-pyrrole nitrogens is 1. The highest BCUT2D eigenvalue weighted by molar-refractivity contribution is 7.13. The molecule has 0 bridgehead atoms.